The summed E-state index contributed by atoms with van der Waals surface area (Å²) in [5.41, 5.74) is 5.47. The van der Waals surface area contributed by atoms with Gasteiger partial charge in [-0.1, -0.05) is 12.1 Å². The summed E-state index contributed by atoms with van der Waals surface area (Å²) in [6, 6.07) is 11.5. The van der Waals surface area contributed by atoms with Crippen molar-refractivity contribution in [3.63, 3.8) is 0 Å². The van der Waals surface area contributed by atoms with Gasteiger partial charge in [0.05, 0.1) is 30.4 Å². The predicted molar refractivity (Wildman–Crippen MR) is 131 cm³/mol. The van der Waals surface area contributed by atoms with Crippen molar-refractivity contribution in [2.75, 3.05) is 44.7 Å². The highest BCUT2D eigenvalue weighted by molar-refractivity contribution is 5.95. The van der Waals surface area contributed by atoms with Crippen LogP contribution in [0.15, 0.2) is 48.9 Å². The number of pyridine rings is 1. The molecule has 0 N–H and O–H groups in total. The Hall–Kier alpha value is -4.01. The number of methoxy groups -OCH3 is 1. The summed E-state index contributed by atoms with van der Waals surface area (Å²) in [5, 5.41) is 0. The lowest BCUT2D eigenvalue weighted by Crippen LogP contribution is -2.50. The fourth-order valence-electron chi connectivity index (χ4n) is 4.70. The van der Waals surface area contributed by atoms with Gasteiger partial charge in [0.15, 0.2) is 0 Å². The molecule has 3 aromatic rings. The van der Waals surface area contributed by atoms with Gasteiger partial charge >= 0.3 is 0 Å². The lowest BCUT2D eigenvalue weighted by Gasteiger charge is -2.34. The Morgan fingerprint density at radius 2 is 1.74 bits per heavy atom. The number of nitrogens with zero attached hydrogens (tertiary/aromatic N) is 6. The number of anilines is 1. The Kier molecular flexibility index (Phi) is 6.31. The van der Waals surface area contributed by atoms with E-state index in [0.29, 0.717) is 44.2 Å². The monoisotopic (exact) mass is 472 g/mol. The maximum atomic E-state index is 13.2. The SMILES string of the molecule is COc1ccc(N2CCc3ncnc(-c4cccc(C(=O)N5CCN(C(C)=O)CC5)c4)c3C2)cn1. The van der Waals surface area contributed by atoms with E-state index in [2.05, 4.69) is 19.9 Å². The summed E-state index contributed by atoms with van der Waals surface area (Å²) in [6.07, 6.45) is 4.22. The maximum Gasteiger partial charge on any atom is 0.253 e. The standard InChI is InChI=1S/C26H28N6O3/c1-18(33)30-10-12-31(13-11-30)26(34)20-5-3-4-19(14-20)25-22-16-32(9-8-23(22)28-17-29-25)21-6-7-24(35-2)27-15-21/h3-7,14-15,17H,8-13,16H2,1-2H3. The molecule has 9 heteroatoms. The van der Waals surface area contributed by atoms with E-state index < -0.39 is 0 Å². The molecule has 1 fully saturated rings. The summed E-state index contributed by atoms with van der Waals surface area (Å²) >= 11 is 0. The van der Waals surface area contributed by atoms with Crippen molar-refractivity contribution in [2.24, 2.45) is 0 Å². The average Bonchev–Trinajstić information content (AvgIpc) is 2.92. The highest BCUT2D eigenvalue weighted by atomic mass is 16.5. The molecule has 0 spiro atoms. The Labute approximate surface area is 204 Å². The van der Waals surface area contributed by atoms with E-state index in [1.165, 1.54) is 0 Å². The van der Waals surface area contributed by atoms with E-state index >= 15 is 0 Å². The molecule has 2 amide bonds. The van der Waals surface area contributed by atoms with Crippen molar-refractivity contribution in [3.05, 3.63) is 65.7 Å². The summed E-state index contributed by atoms with van der Waals surface area (Å²) in [6.45, 7) is 5.27. The molecule has 0 saturated carbocycles. The van der Waals surface area contributed by atoms with Crippen LogP contribution in [0.4, 0.5) is 5.69 Å². The van der Waals surface area contributed by atoms with E-state index in [1.807, 2.05) is 47.5 Å². The Morgan fingerprint density at radius 3 is 2.46 bits per heavy atom. The molecule has 0 atom stereocenters. The number of rotatable bonds is 4. The van der Waals surface area contributed by atoms with E-state index in [-0.39, 0.29) is 11.8 Å². The number of hydrogen-bond donors (Lipinski definition) is 0. The van der Waals surface area contributed by atoms with Gasteiger partial charge in [0.2, 0.25) is 11.8 Å². The zero-order chi connectivity index (χ0) is 24.4. The predicted octanol–water partition coefficient (Wildman–Crippen LogP) is 2.41. The first-order valence-corrected chi connectivity index (χ1v) is 11.8. The minimum Gasteiger partial charge on any atom is -0.481 e. The van der Waals surface area contributed by atoms with Gasteiger partial charge in [-0.25, -0.2) is 15.0 Å². The second kappa shape index (κ2) is 9.69. The van der Waals surface area contributed by atoms with Crippen molar-refractivity contribution >= 4 is 17.5 Å². The zero-order valence-corrected chi connectivity index (χ0v) is 20.0. The van der Waals surface area contributed by atoms with E-state index in [9.17, 15) is 9.59 Å². The highest BCUT2D eigenvalue weighted by Crippen LogP contribution is 2.30. The van der Waals surface area contributed by atoms with Crippen LogP contribution in [-0.2, 0) is 17.8 Å². The molecule has 0 bridgehead atoms. The van der Waals surface area contributed by atoms with Gasteiger partial charge in [-0.05, 0) is 18.2 Å². The fourth-order valence-corrected chi connectivity index (χ4v) is 4.70. The van der Waals surface area contributed by atoms with E-state index in [1.54, 1.807) is 25.3 Å². The molecule has 35 heavy (non-hydrogen) atoms. The fraction of sp³-hybridized carbons (Fsp3) is 0.346. The molecule has 2 aliphatic rings. The van der Waals surface area contributed by atoms with Crippen LogP contribution in [0.2, 0.25) is 0 Å². The lowest BCUT2D eigenvalue weighted by molar-refractivity contribution is -0.130. The first kappa shape index (κ1) is 22.8. The molecular formula is C26H28N6O3. The molecule has 0 aliphatic carbocycles. The highest BCUT2D eigenvalue weighted by Gasteiger charge is 2.25. The number of ether oxygens (including phenoxy) is 1. The summed E-state index contributed by atoms with van der Waals surface area (Å²) in [4.78, 5) is 44.1. The van der Waals surface area contributed by atoms with Crippen LogP contribution in [0.25, 0.3) is 11.3 Å². The molecule has 4 heterocycles. The molecule has 1 aromatic carbocycles. The maximum absolute atomic E-state index is 13.2. The number of hydrogen-bond acceptors (Lipinski definition) is 7. The Bertz CT molecular complexity index is 1240. The third-order valence-electron chi connectivity index (χ3n) is 6.69. The first-order chi connectivity index (χ1) is 17.0. The quantitative estimate of drug-likeness (QED) is 0.576. The van der Waals surface area contributed by atoms with Crippen molar-refractivity contribution in [3.8, 4) is 17.1 Å². The second-order valence-electron chi connectivity index (χ2n) is 8.76. The smallest absolute Gasteiger partial charge is 0.253 e. The number of aromatic nitrogens is 3. The third kappa shape index (κ3) is 4.66. The minimum atomic E-state index is -0.0242. The molecule has 2 aromatic heterocycles. The molecule has 5 rings (SSSR count). The van der Waals surface area contributed by atoms with E-state index in [4.69, 9.17) is 4.74 Å². The number of carbonyl (C=O) groups excluding carboxylic acids is 2. The lowest BCUT2D eigenvalue weighted by atomic mass is 9.97. The minimum absolute atomic E-state index is 0.0242. The molecule has 0 radical (unpaired) electrons. The molecule has 180 valence electrons. The van der Waals surface area contributed by atoms with Gasteiger partial charge in [-0.15, -0.1) is 0 Å². The first-order valence-electron chi connectivity index (χ1n) is 11.8. The van der Waals surface area contributed by atoms with Crippen LogP contribution in [0, 0.1) is 0 Å². The van der Waals surface area contributed by atoms with Crippen LogP contribution in [0.1, 0.15) is 28.5 Å². The number of fused-ring (bicyclic) bond motifs is 1. The molecule has 0 unspecified atom stereocenters. The summed E-state index contributed by atoms with van der Waals surface area (Å²) in [7, 11) is 1.60. The van der Waals surface area contributed by atoms with Gasteiger partial charge in [0.25, 0.3) is 5.91 Å². The van der Waals surface area contributed by atoms with Crippen molar-refractivity contribution < 1.29 is 14.3 Å². The van der Waals surface area contributed by atoms with Crippen LogP contribution in [0.3, 0.4) is 0 Å². The van der Waals surface area contributed by atoms with Crippen LogP contribution in [-0.4, -0.2) is 76.4 Å². The largest absolute Gasteiger partial charge is 0.481 e. The molecule has 1 saturated heterocycles. The van der Waals surface area contributed by atoms with Crippen molar-refractivity contribution in [1.82, 2.24) is 24.8 Å². The van der Waals surface area contributed by atoms with Crippen molar-refractivity contribution in [2.45, 2.75) is 19.9 Å². The van der Waals surface area contributed by atoms with E-state index in [0.717, 1.165) is 41.2 Å². The number of benzene rings is 1. The summed E-state index contributed by atoms with van der Waals surface area (Å²) < 4.78 is 5.18. The van der Waals surface area contributed by atoms with Gasteiger partial charge < -0.3 is 19.4 Å². The van der Waals surface area contributed by atoms with Crippen LogP contribution < -0.4 is 9.64 Å². The number of piperazine rings is 1. The van der Waals surface area contributed by atoms with Crippen molar-refractivity contribution in [1.29, 1.82) is 0 Å². The third-order valence-corrected chi connectivity index (χ3v) is 6.69. The normalized spacial score (nSPS) is 15.5. The number of amides is 2. The van der Waals surface area contributed by atoms with Gasteiger partial charge in [0.1, 0.15) is 6.33 Å². The summed E-state index contributed by atoms with van der Waals surface area (Å²) in [5.74, 6) is 0.607. The number of carbonyl (C=O) groups is 2. The molecular weight excluding hydrogens is 444 g/mol. The zero-order valence-electron chi connectivity index (χ0n) is 20.0. The van der Waals surface area contributed by atoms with Gasteiger partial charge in [0, 0.05) is 75.4 Å². The molecule has 2 aliphatic heterocycles. The topological polar surface area (TPSA) is 91.8 Å². The Balaban J connectivity index is 1.38. The average molecular weight is 473 g/mol. The van der Waals surface area contributed by atoms with Crippen LogP contribution in [0.5, 0.6) is 5.88 Å². The molecule has 9 nitrogen and oxygen atoms in total. The van der Waals surface area contributed by atoms with Crippen LogP contribution >= 0.6 is 0 Å². The Morgan fingerprint density at radius 1 is 0.943 bits per heavy atom. The van der Waals surface area contributed by atoms with Gasteiger partial charge in [-0.3, -0.25) is 9.59 Å². The van der Waals surface area contributed by atoms with Gasteiger partial charge in [-0.2, -0.15) is 0 Å². The second-order valence-corrected chi connectivity index (χ2v) is 8.76.